The summed E-state index contributed by atoms with van der Waals surface area (Å²) in [6.45, 7) is 5.53. The second-order valence-corrected chi connectivity index (χ2v) is 4.51. The van der Waals surface area contributed by atoms with Crippen LogP contribution < -0.4 is 0 Å². The zero-order chi connectivity index (χ0) is 13.1. The third-order valence-corrected chi connectivity index (χ3v) is 3.09. The third kappa shape index (κ3) is 2.51. The van der Waals surface area contributed by atoms with Crippen LogP contribution in [0.25, 0.3) is 11.0 Å². The van der Waals surface area contributed by atoms with E-state index in [-0.39, 0.29) is 0 Å². The molecule has 0 saturated carbocycles. The summed E-state index contributed by atoms with van der Waals surface area (Å²) in [7, 11) is 0. The lowest BCUT2D eigenvalue weighted by Crippen LogP contribution is -2.11. The molecule has 98 valence electrons. The van der Waals surface area contributed by atoms with Crippen LogP contribution in [-0.2, 0) is 11.3 Å². The van der Waals surface area contributed by atoms with Gasteiger partial charge in [0, 0.05) is 13.2 Å². The predicted octanol–water partition coefficient (Wildman–Crippen LogP) is 2.78. The number of rotatable bonds is 5. The van der Waals surface area contributed by atoms with Crippen LogP contribution in [-0.4, -0.2) is 27.9 Å². The summed E-state index contributed by atoms with van der Waals surface area (Å²) in [5, 5.41) is 10.4. The minimum Gasteiger partial charge on any atom is -0.385 e. The number of nitrogens with zero attached hydrogens (tertiary/aromatic N) is 2. The fraction of sp³-hybridized carbons (Fsp3) is 0.462. The number of fused-ring (bicyclic) bond motifs is 1. The van der Waals surface area contributed by atoms with Gasteiger partial charge in [0.25, 0.3) is 0 Å². The Morgan fingerprint density at radius 2 is 2.28 bits per heavy atom. The van der Waals surface area contributed by atoms with Crippen molar-refractivity contribution in [3.8, 4) is 0 Å². The van der Waals surface area contributed by atoms with E-state index in [2.05, 4.69) is 4.98 Å². The van der Waals surface area contributed by atoms with E-state index in [1.807, 2.05) is 29.7 Å². The van der Waals surface area contributed by atoms with E-state index in [1.165, 1.54) is 0 Å². The van der Waals surface area contributed by atoms with Crippen molar-refractivity contribution in [3.05, 3.63) is 29.0 Å². The molecule has 0 unspecified atom stereocenters. The average molecular weight is 269 g/mol. The Labute approximate surface area is 111 Å². The molecular weight excluding hydrogens is 252 g/mol. The molecule has 0 bridgehead atoms. The van der Waals surface area contributed by atoms with Gasteiger partial charge in [0.2, 0.25) is 0 Å². The highest BCUT2D eigenvalue weighted by molar-refractivity contribution is 6.35. The maximum absolute atomic E-state index is 9.79. The molecule has 5 heteroatoms. The Bertz CT molecular complexity index is 537. The van der Waals surface area contributed by atoms with Crippen molar-refractivity contribution in [2.24, 2.45) is 0 Å². The lowest BCUT2D eigenvalue weighted by Gasteiger charge is -2.11. The van der Waals surface area contributed by atoms with Crippen molar-refractivity contribution >= 4 is 22.6 Å². The van der Waals surface area contributed by atoms with Gasteiger partial charge in [-0.1, -0.05) is 17.7 Å². The van der Waals surface area contributed by atoms with Crippen molar-refractivity contribution in [3.63, 3.8) is 0 Å². The molecule has 1 N–H and O–H groups in total. The first-order valence-corrected chi connectivity index (χ1v) is 6.43. The van der Waals surface area contributed by atoms with Crippen LogP contribution in [0.4, 0.5) is 0 Å². The molecule has 1 atom stereocenters. The zero-order valence-corrected chi connectivity index (χ0v) is 11.3. The smallest absolute Gasteiger partial charge is 0.138 e. The summed E-state index contributed by atoms with van der Waals surface area (Å²) in [4.78, 5) is 4.42. The van der Waals surface area contributed by atoms with Gasteiger partial charge in [0.05, 0.1) is 22.7 Å². The molecule has 2 rings (SSSR count). The van der Waals surface area contributed by atoms with Crippen LogP contribution in [0, 0.1) is 0 Å². The van der Waals surface area contributed by atoms with Gasteiger partial charge < -0.3 is 14.4 Å². The number of ether oxygens (including phenoxy) is 1. The fourth-order valence-electron chi connectivity index (χ4n) is 2.01. The van der Waals surface area contributed by atoms with E-state index in [9.17, 15) is 5.11 Å². The highest BCUT2D eigenvalue weighted by Crippen LogP contribution is 2.26. The van der Waals surface area contributed by atoms with Crippen LogP contribution >= 0.6 is 11.6 Å². The minimum absolute atomic E-state index is 0.576. The number of hydrogen-bond acceptors (Lipinski definition) is 3. The Morgan fingerprint density at radius 1 is 1.50 bits per heavy atom. The van der Waals surface area contributed by atoms with Crippen LogP contribution in [0.2, 0.25) is 5.02 Å². The third-order valence-electron chi connectivity index (χ3n) is 2.78. The number of aliphatic hydroxyl groups is 1. The van der Waals surface area contributed by atoms with E-state index in [0.29, 0.717) is 30.6 Å². The van der Waals surface area contributed by atoms with Crippen LogP contribution in [0.15, 0.2) is 18.2 Å². The first kappa shape index (κ1) is 13.3. The molecule has 18 heavy (non-hydrogen) atoms. The molecule has 2 aromatic rings. The van der Waals surface area contributed by atoms with Crippen molar-refractivity contribution in [2.75, 3.05) is 13.2 Å². The number of benzene rings is 1. The van der Waals surface area contributed by atoms with E-state index in [0.717, 1.165) is 11.0 Å². The highest BCUT2D eigenvalue weighted by Gasteiger charge is 2.16. The maximum Gasteiger partial charge on any atom is 0.138 e. The number of hydrogen-bond donors (Lipinski definition) is 1. The number of halogens is 1. The molecule has 0 aliphatic heterocycles. The predicted molar refractivity (Wildman–Crippen MR) is 71.9 cm³/mol. The summed E-state index contributed by atoms with van der Waals surface area (Å²) in [5.41, 5.74) is 1.66. The Balaban J connectivity index is 2.47. The average Bonchev–Trinajstić information content (AvgIpc) is 2.70. The van der Waals surface area contributed by atoms with Crippen LogP contribution in [0.3, 0.4) is 0 Å². The molecule has 0 aliphatic rings. The quantitative estimate of drug-likeness (QED) is 0.849. The Hall–Kier alpha value is -1.10. The lowest BCUT2D eigenvalue weighted by atomic mass is 10.3. The van der Waals surface area contributed by atoms with Gasteiger partial charge in [-0.2, -0.15) is 0 Å². The second-order valence-electron chi connectivity index (χ2n) is 4.10. The van der Waals surface area contributed by atoms with E-state index < -0.39 is 6.10 Å². The number of imidazole rings is 1. The molecule has 0 amide bonds. The van der Waals surface area contributed by atoms with Gasteiger partial charge in [-0.05, 0) is 26.0 Å². The van der Waals surface area contributed by atoms with E-state index in [1.54, 1.807) is 6.92 Å². The molecule has 0 fully saturated rings. The summed E-state index contributed by atoms with van der Waals surface area (Å²) in [6.07, 6.45) is -0.630. The van der Waals surface area contributed by atoms with Gasteiger partial charge in [-0.15, -0.1) is 0 Å². The molecular formula is C13H17ClN2O2. The molecule has 1 aromatic carbocycles. The Kier molecular flexibility index (Phi) is 4.22. The van der Waals surface area contributed by atoms with Gasteiger partial charge in [0.1, 0.15) is 11.9 Å². The van der Waals surface area contributed by atoms with Gasteiger partial charge in [-0.3, -0.25) is 0 Å². The summed E-state index contributed by atoms with van der Waals surface area (Å²) in [5.74, 6) is 0.623. The monoisotopic (exact) mass is 268 g/mol. The van der Waals surface area contributed by atoms with Crippen molar-refractivity contribution in [1.82, 2.24) is 9.55 Å². The number of aliphatic hydroxyl groups excluding tert-OH is 1. The van der Waals surface area contributed by atoms with Gasteiger partial charge >= 0.3 is 0 Å². The van der Waals surface area contributed by atoms with E-state index in [4.69, 9.17) is 16.3 Å². The minimum atomic E-state index is -0.630. The van der Waals surface area contributed by atoms with E-state index >= 15 is 0 Å². The molecule has 0 saturated heterocycles. The van der Waals surface area contributed by atoms with Crippen molar-refractivity contribution in [1.29, 1.82) is 0 Å². The van der Waals surface area contributed by atoms with Gasteiger partial charge in [0.15, 0.2) is 0 Å². The summed E-state index contributed by atoms with van der Waals surface area (Å²) in [6, 6.07) is 5.58. The number of aromatic nitrogens is 2. The second kappa shape index (κ2) is 5.69. The number of para-hydroxylation sites is 1. The maximum atomic E-state index is 9.79. The topological polar surface area (TPSA) is 47.3 Å². The molecule has 1 heterocycles. The fourth-order valence-corrected chi connectivity index (χ4v) is 2.28. The zero-order valence-electron chi connectivity index (χ0n) is 10.6. The van der Waals surface area contributed by atoms with Crippen LogP contribution in [0.5, 0.6) is 0 Å². The highest BCUT2D eigenvalue weighted by atomic mass is 35.5. The first-order valence-electron chi connectivity index (χ1n) is 6.05. The molecule has 0 aliphatic carbocycles. The van der Waals surface area contributed by atoms with Crippen molar-refractivity contribution in [2.45, 2.75) is 26.5 Å². The Morgan fingerprint density at radius 3 is 2.94 bits per heavy atom. The molecule has 4 nitrogen and oxygen atoms in total. The normalized spacial score (nSPS) is 13.1. The van der Waals surface area contributed by atoms with Gasteiger partial charge in [-0.25, -0.2) is 4.98 Å². The van der Waals surface area contributed by atoms with Crippen molar-refractivity contribution < 1.29 is 9.84 Å². The lowest BCUT2D eigenvalue weighted by molar-refractivity contribution is 0.134. The first-order chi connectivity index (χ1) is 8.65. The van der Waals surface area contributed by atoms with Crippen LogP contribution in [0.1, 0.15) is 25.8 Å². The summed E-state index contributed by atoms with van der Waals surface area (Å²) >= 11 is 6.21. The molecule has 0 radical (unpaired) electrons. The standard InChI is InChI=1S/C13H17ClN2O2/c1-3-18-8-7-16-12-10(14)5-4-6-11(12)15-13(16)9(2)17/h4-6,9,17H,3,7-8H2,1-2H3/t9-/m1/s1. The molecule has 0 spiro atoms. The summed E-state index contributed by atoms with van der Waals surface area (Å²) < 4.78 is 7.29. The molecule has 1 aromatic heterocycles. The SMILES string of the molecule is CCOCCn1c([C@@H](C)O)nc2cccc(Cl)c21. The largest absolute Gasteiger partial charge is 0.385 e.